The van der Waals surface area contributed by atoms with Gasteiger partial charge in [-0.25, -0.2) is 4.99 Å². The molecule has 0 spiro atoms. The second-order valence-electron chi connectivity index (χ2n) is 7.47. The number of nitrogens with two attached hydrogens (primary N) is 1. The Labute approximate surface area is 180 Å². The minimum absolute atomic E-state index is 0. The summed E-state index contributed by atoms with van der Waals surface area (Å²) in [6.45, 7) is 7.95. The average Bonchev–Trinajstić information content (AvgIpc) is 3.09. The Morgan fingerprint density at radius 3 is 2.67 bits per heavy atom. The van der Waals surface area contributed by atoms with Crippen molar-refractivity contribution in [2.75, 3.05) is 46.4 Å². The van der Waals surface area contributed by atoms with Crippen LogP contribution in [-0.4, -0.2) is 68.2 Å². The van der Waals surface area contributed by atoms with Crippen LogP contribution in [-0.2, 0) is 17.8 Å². The second kappa shape index (κ2) is 11.8. The van der Waals surface area contributed by atoms with Gasteiger partial charge in [-0.2, -0.15) is 0 Å². The van der Waals surface area contributed by atoms with Gasteiger partial charge in [0.25, 0.3) is 0 Å². The third-order valence-electron chi connectivity index (χ3n) is 5.21. The fraction of sp³-hybridized carbons (Fsp3) is 0.650. The SMILES string of the molecule is CN1CCCN(Cc2ccc(CN=C(N)NCC3CCCO3)cc2)CC1.I. The summed E-state index contributed by atoms with van der Waals surface area (Å²) in [4.78, 5) is 9.39. The molecule has 152 valence electrons. The van der Waals surface area contributed by atoms with Gasteiger partial charge >= 0.3 is 0 Å². The number of benzene rings is 1. The number of rotatable bonds is 6. The molecule has 6 nitrogen and oxygen atoms in total. The lowest BCUT2D eigenvalue weighted by Crippen LogP contribution is -2.37. The standard InChI is InChI=1S/C20H33N5O.HI/c1-24-9-3-10-25(12-11-24)16-18-7-5-17(6-8-18)14-22-20(21)23-15-19-4-2-13-26-19;/h5-8,19H,2-4,9-16H2,1H3,(H3,21,22,23);1H. The number of guanidine groups is 1. The van der Waals surface area contributed by atoms with Crippen LogP contribution in [0, 0.1) is 0 Å². The molecule has 2 aliphatic heterocycles. The Balaban J connectivity index is 0.00000261. The van der Waals surface area contributed by atoms with Crippen LogP contribution < -0.4 is 11.1 Å². The van der Waals surface area contributed by atoms with Gasteiger partial charge in [0.1, 0.15) is 0 Å². The summed E-state index contributed by atoms with van der Waals surface area (Å²) in [6.07, 6.45) is 3.78. The van der Waals surface area contributed by atoms with Gasteiger partial charge < -0.3 is 20.7 Å². The molecule has 3 rings (SSSR count). The first-order valence-corrected chi connectivity index (χ1v) is 9.83. The third-order valence-corrected chi connectivity index (χ3v) is 5.21. The Morgan fingerprint density at radius 2 is 1.93 bits per heavy atom. The molecule has 1 atom stereocenters. The highest BCUT2D eigenvalue weighted by Crippen LogP contribution is 2.12. The van der Waals surface area contributed by atoms with Crippen LogP contribution >= 0.6 is 24.0 Å². The number of nitrogens with zero attached hydrogens (tertiary/aromatic N) is 3. The van der Waals surface area contributed by atoms with Crippen molar-refractivity contribution < 1.29 is 4.74 Å². The lowest BCUT2D eigenvalue weighted by Gasteiger charge is -2.20. The minimum atomic E-state index is 0. The smallest absolute Gasteiger partial charge is 0.189 e. The van der Waals surface area contributed by atoms with Gasteiger partial charge in [0.2, 0.25) is 0 Å². The van der Waals surface area contributed by atoms with Crippen LogP contribution in [0.15, 0.2) is 29.3 Å². The molecule has 7 heteroatoms. The van der Waals surface area contributed by atoms with Crippen molar-refractivity contribution in [3.8, 4) is 0 Å². The van der Waals surface area contributed by atoms with Gasteiger partial charge in [0, 0.05) is 32.8 Å². The molecule has 2 heterocycles. The zero-order valence-corrected chi connectivity index (χ0v) is 18.7. The first-order chi connectivity index (χ1) is 12.7. The quantitative estimate of drug-likeness (QED) is 0.365. The maximum Gasteiger partial charge on any atom is 0.189 e. The Kier molecular flexibility index (Phi) is 9.81. The lowest BCUT2D eigenvalue weighted by molar-refractivity contribution is 0.114. The van der Waals surface area contributed by atoms with Gasteiger partial charge in [-0.3, -0.25) is 4.90 Å². The third kappa shape index (κ3) is 7.93. The molecule has 0 aromatic heterocycles. The van der Waals surface area contributed by atoms with Crippen molar-refractivity contribution in [1.29, 1.82) is 0 Å². The molecule has 27 heavy (non-hydrogen) atoms. The molecule has 2 aliphatic rings. The average molecular weight is 487 g/mol. The fourth-order valence-corrected chi connectivity index (χ4v) is 3.52. The van der Waals surface area contributed by atoms with Crippen LogP contribution in [0.1, 0.15) is 30.4 Å². The first kappa shape index (κ1) is 22.4. The van der Waals surface area contributed by atoms with Crippen molar-refractivity contribution >= 4 is 29.9 Å². The molecule has 2 saturated heterocycles. The topological polar surface area (TPSA) is 66.1 Å². The van der Waals surface area contributed by atoms with E-state index in [1.165, 1.54) is 30.6 Å². The number of likely N-dealkylation sites (N-methyl/N-ethyl adjacent to an activating group) is 1. The Hall–Kier alpha value is -0.900. The highest BCUT2D eigenvalue weighted by molar-refractivity contribution is 14.0. The molecule has 0 aliphatic carbocycles. The summed E-state index contributed by atoms with van der Waals surface area (Å²) in [7, 11) is 2.21. The predicted octanol–water partition coefficient (Wildman–Crippen LogP) is 2.03. The number of hydrogen-bond acceptors (Lipinski definition) is 4. The van der Waals surface area contributed by atoms with E-state index in [1.807, 2.05) is 0 Å². The summed E-state index contributed by atoms with van der Waals surface area (Å²) >= 11 is 0. The molecule has 2 fully saturated rings. The Bertz CT molecular complexity index is 574. The first-order valence-electron chi connectivity index (χ1n) is 9.83. The Morgan fingerprint density at radius 1 is 1.15 bits per heavy atom. The van der Waals surface area contributed by atoms with Gasteiger partial charge in [-0.05, 0) is 50.5 Å². The molecule has 1 unspecified atom stereocenters. The number of hydrogen-bond donors (Lipinski definition) is 2. The molecular weight excluding hydrogens is 453 g/mol. The van der Waals surface area contributed by atoms with Gasteiger partial charge in [-0.15, -0.1) is 24.0 Å². The largest absolute Gasteiger partial charge is 0.376 e. The van der Waals surface area contributed by atoms with Crippen LogP contribution in [0.25, 0.3) is 0 Å². The number of aliphatic imine (C=N–C) groups is 1. The van der Waals surface area contributed by atoms with E-state index in [0.29, 0.717) is 12.5 Å². The van der Waals surface area contributed by atoms with E-state index in [4.69, 9.17) is 10.5 Å². The van der Waals surface area contributed by atoms with E-state index < -0.39 is 0 Å². The van der Waals surface area contributed by atoms with Gasteiger partial charge in [-0.1, -0.05) is 24.3 Å². The van der Waals surface area contributed by atoms with Gasteiger partial charge in [0.05, 0.1) is 12.6 Å². The maximum atomic E-state index is 5.95. The summed E-state index contributed by atoms with van der Waals surface area (Å²) in [5, 5.41) is 3.16. The van der Waals surface area contributed by atoms with Crippen molar-refractivity contribution in [2.24, 2.45) is 10.7 Å². The van der Waals surface area contributed by atoms with Crippen LogP contribution in [0.3, 0.4) is 0 Å². The summed E-state index contributed by atoms with van der Waals surface area (Å²) in [5.41, 5.74) is 8.51. The fourth-order valence-electron chi connectivity index (χ4n) is 3.52. The van der Waals surface area contributed by atoms with E-state index in [9.17, 15) is 0 Å². The highest BCUT2D eigenvalue weighted by atomic mass is 127. The summed E-state index contributed by atoms with van der Waals surface area (Å²) in [6, 6.07) is 8.76. The van der Waals surface area contributed by atoms with E-state index in [0.717, 1.165) is 45.6 Å². The van der Waals surface area contributed by atoms with Crippen LogP contribution in [0.4, 0.5) is 0 Å². The lowest BCUT2D eigenvalue weighted by atomic mass is 10.1. The molecule has 1 aromatic carbocycles. The zero-order valence-electron chi connectivity index (χ0n) is 16.4. The maximum absolute atomic E-state index is 5.95. The van der Waals surface area contributed by atoms with E-state index in [-0.39, 0.29) is 30.1 Å². The molecule has 0 amide bonds. The molecule has 1 aromatic rings. The van der Waals surface area contributed by atoms with Crippen molar-refractivity contribution in [3.63, 3.8) is 0 Å². The van der Waals surface area contributed by atoms with E-state index >= 15 is 0 Å². The van der Waals surface area contributed by atoms with Crippen molar-refractivity contribution in [3.05, 3.63) is 35.4 Å². The van der Waals surface area contributed by atoms with Crippen molar-refractivity contribution in [1.82, 2.24) is 15.1 Å². The van der Waals surface area contributed by atoms with Crippen LogP contribution in [0.5, 0.6) is 0 Å². The van der Waals surface area contributed by atoms with Gasteiger partial charge in [0.15, 0.2) is 5.96 Å². The number of ether oxygens (including phenoxy) is 1. The van der Waals surface area contributed by atoms with E-state index in [2.05, 4.69) is 51.4 Å². The normalized spacial score (nSPS) is 22.3. The number of nitrogens with one attached hydrogen (secondary N) is 1. The second-order valence-corrected chi connectivity index (χ2v) is 7.47. The monoisotopic (exact) mass is 487 g/mol. The molecule has 3 N–H and O–H groups in total. The molecular formula is C20H34IN5O. The molecule has 0 radical (unpaired) electrons. The molecule has 0 bridgehead atoms. The number of halogens is 1. The van der Waals surface area contributed by atoms with Crippen LogP contribution in [0.2, 0.25) is 0 Å². The predicted molar refractivity (Wildman–Crippen MR) is 122 cm³/mol. The minimum Gasteiger partial charge on any atom is -0.376 e. The summed E-state index contributed by atoms with van der Waals surface area (Å²) in [5.74, 6) is 0.498. The zero-order chi connectivity index (χ0) is 18.2. The summed E-state index contributed by atoms with van der Waals surface area (Å²) < 4.78 is 5.58. The van der Waals surface area contributed by atoms with E-state index in [1.54, 1.807) is 0 Å². The molecule has 0 saturated carbocycles. The highest BCUT2D eigenvalue weighted by Gasteiger charge is 2.15. The van der Waals surface area contributed by atoms with Crippen molar-refractivity contribution in [2.45, 2.75) is 38.5 Å².